The smallest absolute Gasteiger partial charge is 0.322 e. The van der Waals surface area contributed by atoms with E-state index in [2.05, 4.69) is 70.6 Å². The quantitative estimate of drug-likeness (QED) is 0.0884. The first-order valence-electron chi connectivity index (χ1n) is 12.0. The van der Waals surface area contributed by atoms with Crippen LogP contribution in [0.3, 0.4) is 0 Å². The molecule has 0 aliphatic rings. The number of hydrogen-bond donors (Lipinski definition) is 0. The highest BCUT2D eigenvalue weighted by Crippen LogP contribution is 2.38. The van der Waals surface area contributed by atoms with Crippen LogP contribution in [-0.4, -0.2) is 52.1 Å². The number of hydrogen-bond acceptors (Lipinski definition) is 6. The van der Waals surface area contributed by atoms with Gasteiger partial charge in [-0.15, -0.1) is 0 Å². The normalized spacial score (nSPS) is 14.6. The number of rotatable bonds is 11. The lowest BCUT2D eigenvalue weighted by Crippen LogP contribution is -2.44. The molecule has 2 atom stereocenters. The van der Waals surface area contributed by atoms with E-state index in [-0.39, 0.29) is 33.7 Å². The van der Waals surface area contributed by atoms with Gasteiger partial charge in [-0.25, -0.2) is 0 Å². The molecular weight excluding hydrogens is 550 g/mol. The van der Waals surface area contributed by atoms with Crippen molar-refractivity contribution in [3.63, 3.8) is 0 Å². The zero-order valence-electron chi connectivity index (χ0n) is 22.8. The molecule has 1 aromatic carbocycles. The van der Waals surface area contributed by atoms with Crippen LogP contribution < -0.4 is 4.74 Å². The summed E-state index contributed by atoms with van der Waals surface area (Å²) in [5, 5.41) is 0.203. The summed E-state index contributed by atoms with van der Waals surface area (Å²) in [5.41, 5.74) is -0.0877. The van der Waals surface area contributed by atoms with Crippen molar-refractivity contribution in [1.29, 1.82) is 0 Å². The third kappa shape index (κ3) is 8.99. The van der Waals surface area contributed by atoms with E-state index in [1.54, 1.807) is 19.1 Å². The monoisotopic (exact) mass is 589 g/mol. The Hall–Kier alpha value is -1.22. The Labute approximate surface area is 225 Å². The van der Waals surface area contributed by atoms with Crippen LogP contribution in [0.4, 0.5) is 0 Å². The number of carbonyl (C=O) groups excluding carboxylic acids is 2. The maximum absolute atomic E-state index is 13.5. The lowest BCUT2D eigenvalue weighted by molar-refractivity contribution is -0.144. The van der Waals surface area contributed by atoms with Crippen LogP contribution in [0.5, 0.6) is 5.75 Å². The van der Waals surface area contributed by atoms with Crippen LogP contribution in [0.25, 0.3) is 0 Å². The summed E-state index contributed by atoms with van der Waals surface area (Å²) in [5.74, 6) is -2.05. The Kier molecular flexibility index (Phi) is 11.7. The van der Waals surface area contributed by atoms with Crippen LogP contribution in [0.15, 0.2) is 21.6 Å². The second-order valence-electron chi connectivity index (χ2n) is 11.0. The van der Waals surface area contributed by atoms with Gasteiger partial charge < -0.3 is 13.9 Å². The molecule has 6 nitrogen and oxygen atoms in total. The number of nitrogens with zero attached hydrogens (tertiary/aromatic N) is 1. The lowest BCUT2D eigenvalue weighted by Gasteiger charge is -2.38. The van der Waals surface area contributed by atoms with Crippen molar-refractivity contribution in [3.05, 3.63) is 27.2 Å². The van der Waals surface area contributed by atoms with Crippen molar-refractivity contribution in [2.75, 3.05) is 19.8 Å². The van der Waals surface area contributed by atoms with Crippen molar-refractivity contribution in [2.45, 2.75) is 79.6 Å². The molecule has 0 radical (unpaired) electrons. The second-order valence-corrected chi connectivity index (χ2v) is 17.1. The van der Waals surface area contributed by atoms with Crippen molar-refractivity contribution < 1.29 is 23.5 Å². The minimum Gasteiger partial charge on any atom is -0.492 e. The standard InChI is InChI=1S/C26H41BrClNO5Si/c1-11-32-20-14-17(27)13-18(22(20)28)23(30)19(24(31)33-12-2)15-29-21(25(3,4)5)16-34-35(9,10)26(6,7)8/h13-15,19,21H,11-12,16H2,1-10H3. The zero-order chi connectivity index (χ0) is 27.2. The second kappa shape index (κ2) is 12.8. The molecule has 0 heterocycles. The summed E-state index contributed by atoms with van der Waals surface area (Å²) in [6.07, 6.45) is 1.39. The summed E-state index contributed by atoms with van der Waals surface area (Å²) in [6, 6.07) is 3.00. The highest BCUT2D eigenvalue weighted by molar-refractivity contribution is 9.10. The van der Waals surface area contributed by atoms with Gasteiger partial charge in [-0.1, -0.05) is 69.1 Å². The van der Waals surface area contributed by atoms with E-state index >= 15 is 0 Å². The highest BCUT2D eigenvalue weighted by Gasteiger charge is 2.39. The van der Waals surface area contributed by atoms with Crippen molar-refractivity contribution in [1.82, 2.24) is 0 Å². The van der Waals surface area contributed by atoms with Crippen molar-refractivity contribution >= 4 is 53.8 Å². The summed E-state index contributed by atoms with van der Waals surface area (Å²) >= 11 is 9.87. The molecular formula is C26H41BrClNO5Si. The van der Waals surface area contributed by atoms with E-state index in [1.807, 2.05) is 6.92 Å². The van der Waals surface area contributed by atoms with E-state index in [0.29, 0.717) is 23.4 Å². The molecule has 9 heteroatoms. The van der Waals surface area contributed by atoms with Gasteiger partial charge in [0.2, 0.25) is 0 Å². The number of aliphatic imine (C=N–C) groups is 1. The number of carbonyl (C=O) groups is 2. The molecule has 0 bridgehead atoms. The topological polar surface area (TPSA) is 74.2 Å². The van der Waals surface area contributed by atoms with Gasteiger partial charge in [0.15, 0.2) is 20.0 Å². The van der Waals surface area contributed by atoms with E-state index < -0.39 is 26.0 Å². The highest BCUT2D eigenvalue weighted by atomic mass is 79.9. The maximum atomic E-state index is 13.5. The average molecular weight is 591 g/mol. The molecule has 0 fully saturated rings. The Morgan fingerprint density at radius 3 is 2.20 bits per heavy atom. The number of ketones is 1. The minimum absolute atomic E-state index is 0.0539. The van der Waals surface area contributed by atoms with Gasteiger partial charge in [-0.2, -0.15) is 0 Å². The third-order valence-electron chi connectivity index (χ3n) is 6.22. The molecule has 0 N–H and O–H groups in total. The Balaban J connectivity index is 3.38. The molecule has 0 aliphatic heterocycles. The molecule has 198 valence electrons. The predicted molar refractivity (Wildman–Crippen MR) is 150 cm³/mol. The fourth-order valence-corrected chi connectivity index (χ4v) is 4.55. The molecule has 0 saturated heterocycles. The van der Waals surface area contributed by atoms with Gasteiger partial charge in [0.1, 0.15) is 5.75 Å². The van der Waals surface area contributed by atoms with E-state index in [0.717, 1.165) is 0 Å². The van der Waals surface area contributed by atoms with E-state index in [1.165, 1.54) is 6.21 Å². The van der Waals surface area contributed by atoms with Crippen LogP contribution in [0, 0.1) is 11.3 Å². The maximum Gasteiger partial charge on any atom is 0.322 e. The molecule has 0 saturated carbocycles. The predicted octanol–water partition coefficient (Wildman–Crippen LogP) is 7.37. The van der Waals surface area contributed by atoms with Gasteiger partial charge in [0.05, 0.1) is 30.9 Å². The number of Topliss-reactive ketones (excluding diaryl/α,β-unsaturated/α-hetero) is 1. The molecule has 1 rings (SSSR count). The minimum atomic E-state index is -2.01. The molecule has 1 aromatic rings. The van der Waals surface area contributed by atoms with Gasteiger partial charge in [-0.05, 0) is 49.5 Å². The SMILES string of the molecule is CCOC(=O)C(C=NC(CO[Si](C)(C)C(C)(C)C)C(C)(C)C)C(=O)c1cc(Br)cc(OCC)c1Cl. The van der Waals surface area contributed by atoms with E-state index in [4.69, 9.17) is 30.5 Å². The first kappa shape index (κ1) is 31.8. The first-order valence-corrected chi connectivity index (χ1v) is 16.0. The van der Waals surface area contributed by atoms with Crippen LogP contribution in [0.2, 0.25) is 23.2 Å². The summed E-state index contributed by atoms with van der Waals surface area (Å²) in [6.45, 7) is 21.5. The largest absolute Gasteiger partial charge is 0.492 e. The van der Waals surface area contributed by atoms with Gasteiger partial charge in [0, 0.05) is 16.3 Å². The van der Waals surface area contributed by atoms with Gasteiger partial charge in [-0.3, -0.25) is 14.6 Å². The Morgan fingerprint density at radius 1 is 1.11 bits per heavy atom. The molecule has 2 unspecified atom stereocenters. The van der Waals surface area contributed by atoms with Crippen LogP contribution in [0.1, 0.15) is 65.7 Å². The van der Waals surface area contributed by atoms with Gasteiger partial charge >= 0.3 is 5.97 Å². The third-order valence-corrected chi connectivity index (χ3v) is 11.6. The molecule has 0 spiro atoms. The van der Waals surface area contributed by atoms with Crippen LogP contribution >= 0.6 is 27.5 Å². The van der Waals surface area contributed by atoms with Crippen molar-refractivity contribution in [2.24, 2.45) is 16.3 Å². The molecule has 35 heavy (non-hydrogen) atoms. The number of halogens is 2. The summed E-state index contributed by atoms with van der Waals surface area (Å²) in [4.78, 5) is 31.1. The molecule has 0 aromatic heterocycles. The van der Waals surface area contributed by atoms with Crippen LogP contribution in [-0.2, 0) is 14.0 Å². The summed E-state index contributed by atoms with van der Waals surface area (Å²) in [7, 11) is -2.01. The van der Waals surface area contributed by atoms with Crippen molar-refractivity contribution in [3.8, 4) is 5.75 Å². The Morgan fingerprint density at radius 2 is 1.71 bits per heavy atom. The fraction of sp³-hybridized carbons (Fsp3) is 0.654. The average Bonchev–Trinajstić information content (AvgIpc) is 2.71. The lowest BCUT2D eigenvalue weighted by atomic mass is 9.87. The first-order chi connectivity index (χ1) is 16.0. The summed E-state index contributed by atoms with van der Waals surface area (Å²) < 4.78 is 17.8. The zero-order valence-corrected chi connectivity index (χ0v) is 26.1. The van der Waals surface area contributed by atoms with Gasteiger partial charge in [0.25, 0.3) is 0 Å². The fourth-order valence-electron chi connectivity index (χ4n) is 2.85. The number of ether oxygens (including phenoxy) is 2. The Bertz CT molecular complexity index is 922. The van der Waals surface area contributed by atoms with E-state index in [9.17, 15) is 9.59 Å². The number of esters is 1. The molecule has 0 amide bonds. The number of benzene rings is 1. The molecule has 0 aliphatic carbocycles.